The average Bonchev–Trinajstić information content (AvgIpc) is 3.23. The van der Waals surface area contributed by atoms with Gasteiger partial charge < -0.3 is 10.6 Å². The van der Waals surface area contributed by atoms with Gasteiger partial charge in [0.15, 0.2) is 0 Å². The molecule has 2 aromatic heterocycles. The maximum Gasteiger partial charge on any atom is 0.319 e. The van der Waals surface area contributed by atoms with Crippen molar-refractivity contribution in [3.05, 3.63) is 59.9 Å². The summed E-state index contributed by atoms with van der Waals surface area (Å²) >= 11 is 0. The summed E-state index contributed by atoms with van der Waals surface area (Å²) in [5.41, 5.74) is 4.04. The standard InChI is InChI=1S/C18H23N7O/c1-14-10-15(2)25(23-14)11-16-4-6-17(7-5-16)22-18(26)20-8-3-9-24-13-19-12-21-24/h4-7,10,12-13H,3,8-9,11H2,1-2H3,(H2,20,22,26). The molecule has 8 nitrogen and oxygen atoms in total. The number of hydrogen-bond acceptors (Lipinski definition) is 4. The van der Waals surface area contributed by atoms with Crippen molar-refractivity contribution in [1.82, 2.24) is 29.9 Å². The molecular formula is C18H23N7O. The summed E-state index contributed by atoms with van der Waals surface area (Å²) in [6, 6.07) is 9.64. The Bertz CT molecular complexity index is 837. The third kappa shape index (κ3) is 4.92. The van der Waals surface area contributed by atoms with E-state index in [1.54, 1.807) is 11.0 Å². The molecule has 0 atom stereocenters. The number of rotatable bonds is 7. The molecule has 0 aliphatic carbocycles. The van der Waals surface area contributed by atoms with E-state index in [9.17, 15) is 4.79 Å². The smallest absolute Gasteiger partial charge is 0.319 e. The quantitative estimate of drug-likeness (QED) is 0.638. The molecule has 0 radical (unpaired) electrons. The van der Waals surface area contributed by atoms with Gasteiger partial charge in [-0.15, -0.1) is 0 Å². The summed E-state index contributed by atoms with van der Waals surface area (Å²) in [6.07, 6.45) is 3.95. The van der Waals surface area contributed by atoms with Crippen molar-refractivity contribution >= 4 is 11.7 Å². The fraction of sp³-hybridized carbons (Fsp3) is 0.333. The second-order valence-corrected chi connectivity index (χ2v) is 6.17. The van der Waals surface area contributed by atoms with Crippen molar-refractivity contribution in [3.63, 3.8) is 0 Å². The SMILES string of the molecule is Cc1cc(C)n(Cc2ccc(NC(=O)NCCCn3cncn3)cc2)n1. The van der Waals surface area contributed by atoms with Crippen LogP contribution in [0.15, 0.2) is 43.0 Å². The Hall–Kier alpha value is -3.16. The maximum atomic E-state index is 11.9. The Kier molecular flexibility index (Phi) is 5.62. The van der Waals surface area contributed by atoms with Gasteiger partial charge in [-0.25, -0.2) is 9.78 Å². The predicted molar refractivity (Wildman–Crippen MR) is 98.9 cm³/mol. The molecule has 1 aromatic carbocycles. The van der Waals surface area contributed by atoms with E-state index >= 15 is 0 Å². The molecular weight excluding hydrogens is 330 g/mol. The van der Waals surface area contributed by atoms with Crippen molar-refractivity contribution in [3.8, 4) is 0 Å². The minimum Gasteiger partial charge on any atom is -0.338 e. The topological polar surface area (TPSA) is 89.7 Å². The molecule has 3 rings (SSSR count). The Morgan fingerprint density at radius 1 is 1.19 bits per heavy atom. The number of hydrogen-bond donors (Lipinski definition) is 2. The van der Waals surface area contributed by atoms with Crippen LogP contribution in [0.2, 0.25) is 0 Å². The number of aryl methyl sites for hydroxylation is 3. The minimum atomic E-state index is -0.213. The van der Waals surface area contributed by atoms with E-state index in [2.05, 4.69) is 31.9 Å². The van der Waals surface area contributed by atoms with Crippen molar-refractivity contribution in [2.75, 3.05) is 11.9 Å². The lowest BCUT2D eigenvalue weighted by Gasteiger charge is -2.09. The van der Waals surface area contributed by atoms with E-state index < -0.39 is 0 Å². The van der Waals surface area contributed by atoms with E-state index in [1.165, 1.54) is 6.33 Å². The van der Waals surface area contributed by atoms with Gasteiger partial charge in [-0.3, -0.25) is 9.36 Å². The molecule has 136 valence electrons. The van der Waals surface area contributed by atoms with Gasteiger partial charge in [-0.2, -0.15) is 10.2 Å². The van der Waals surface area contributed by atoms with Gasteiger partial charge in [0.25, 0.3) is 0 Å². The Morgan fingerprint density at radius 2 is 2.00 bits per heavy atom. The summed E-state index contributed by atoms with van der Waals surface area (Å²) in [5, 5.41) is 14.1. The first-order chi connectivity index (χ1) is 12.6. The first kappa shape index (κ1) is 17.7. The molecule has 0 aliphatic heterocycles. The second kappa shape index (κ2) is 8.28. The fourth-order valence-electron chi connectivity index (χ4n) is 2.67. The molecule has 0 saturated carbocycles. The second-order valence-electron chi connectivity index (χ2n) is 6.17. The number of anilines is 1. The van der Waals surface area contributed by atoms with Crippen LogP contribution in [0, 0.1) is 13.8 Å². The highest BCUT2D eigenvalue weighted by atomic mass is 16.2. The molecule has 0 unspecified atom stereocenters. The Labute approximate surface area is 152 Å². The highest BCUT2D eigenvalue weighted by Crippen LogP contribution is 2.12. The van der Waals surface area contributed by atoms with Crippen LogP contribution in [0.25, 0.3) is 0 Å². The average molecular weight is 353 g/mol. The molecule has 0 saturated heterocycles. The first-order valence-corrected chi connectivity index (χ1v) is 8.57. The first-order valence-electron chi connectivity index (χ1n) is 8.57. The van der Waals surface area contributed by atoms with Crippen LogP contribution < -0.4 is 10.6 Å². The van der Waals surface area contributed by atoms with Crippen LogP contribution in [0.3, 0.4) is 0 Å². The van der Waals surface area contributed by atoms with Crippen LogP contribution in [0.5, 0.6) is 0 Å². The lowest BCUT2D eigenvalue weighted by atomic mass is 10.2. The summed E-state index contributed by atoms with van der Waals surface area (Å²) in [5.74, 6) is 0. The van der Waals surface area contributed by atoms with E-state index in [0.717, 1.165) is 35.6 Å². The third-order valence-electron chi connectivity index (χ3n) is 3.96. The van der Waals surface area contributed by atoms with E-state index in [0.29, 0.717) is 13.1 Å². The number of carbonyl (C=O) groups is 1. The molecule has 2 N–H and O–H groups in total. The predicted octanol–water partition coefficient (Wildman–Crippen LogP) is 2.35. The molecule has 26 heavy (non-hydrogen) atoms. The van der Waals surface area contributed by atoms with Gasteiger partial charge in [-0.05, 0) is 44.0 Å². The zero-order valence-electron chi connectivity index (χ0n) is 15.0. The molecule has 0 fully saturated rings. The normalized spacial score (nSPS) is 10.7. The zero-order valence-corrected chi connectivity index (χ0v) is 15.0. The number of benzene rings is 1. The number of nitrogens with one attached hydrogen (secondary N) is 2. The van der Waals surface area contributed by atoms with E-state index in [-0.39, 0.29) is 6.03 Å². The van der Waals surface area contributed by atoms with Gasteiger partial charge in [0.1, 0.15) is 12.7 Å². The number of aromatic nitrogens is 5. The van der Waals surface area contributed by atoms with Crippen LogP contribution in [-0.2, 0) is 13.1 Å². The molecule has 0 aliphatic rings. The number of amides is 2. The van der Waals surface area contributed by atoms with Crippen molar-refractivity contribution in [1.29, 1.82) is 0 Å². The molecule has 2 amide bonds. The molecule has 0 spiro atoms. The lowest BCUT2D eigenvalue weighted by Crippen LogP contribution is -2.30. The van der Waals surface area contributed by atoms with Crippen LogP contribution in [0.1, 0.15) is 23.4 Å². The summed E-state index contributed by atoms with van der Waals surface area (Å²) in [4.78, 5) is 15.8. The Morgan fingerprint density at radius 3 is 2.65 bits per heavy atom. The van der Waals surface area contributed by atoms with Crippen LogP contribution in [0.4, 0.5) is 10.5 Å². The molecule has 8 heteroatoms. The number of nitrogens with zero attached hydrogens (tertiary/aromatic N) is 5. The van der Waals surface area contributed by atoms with Gasteiger partial charge >= 0.3 is 6.03 Å². The van der Waals surface area contributed by atoms with Crippen molar-refractivity contribution in [2.24, 2.45) is 0 Å². The van der Waals surface area contributed by atoms with Gasteiger partial charge in [0.05, 0.1) is 12.2 Å². The van der Waals surface area contributed by atoms with E-state index in [1.807, 2.05) is 42.8 Å². The lowest BCUT2D eigenvalue weighted by molar-refractivity contribution is 0.251. The fourth-order valence-corrected chi connectivity index (χ4v) is 2.67. The molecule has 0 bridgehead atoms. The van der Waals surface area contributed by atoms with Crippen molar-refractivity contribution in [2.45, 2.75) is 33.4 Å². The van der Waals surface area contributed by atoms with Crippen LogP contribution >= 0.6 is 0 Å². The van der Waals surface area contributed by atoms with Crippen molar-refractivity contribution < 1.29 is 4.79 Å². The monoisotopic (exact) mass is 353 g/mol. The third-order valence-corrected chi connectivity index (χ3v) is 3.96. The summed E-state index contributed by atoms with van der Waals surface area (Å²) in [7, 11) is 0. The minimum absolute atomic E-state index is 0.213. The summed E-state index contributed by atoms with van der Waals surface area (Å²) < 4.78 is 3.71. The van der Waals surface area contributed by atoms with E-state index in [4.69, 9.17) is 0 Å². The highest BCUT2D eigenvalue weighted by molar-refractivity contribution is 5.89. The molecule has 2 heterocycles. The largest absolute Gasteiger partial charge is 0.338 e. The zero-order chi connectivity index (χ0) is 18.4. The number of carbonyl (C=O) groups excluding carboxylic acids is 1. The maximum absolute atomic E-state index is 11.9. The summed E-state index contributed by atoms with van der Waals surface area (Å²) in [6.45, 7) is 6.04. The highest BCUT2D eigenvalue weighted by Gasteiger charge is 2.04. The number of urea groups is 1. The Balaban J connectivity index is 1.43. The van der Waals surface area contributed by atoms with Gasteiger partial charge in [0, 0.05) is 24.5 Å². The van der Waals surface area contributed by atoms with Crippen LogP contribution in [-0.4, -0.2) is 37.1 Å². The van der Waals surface area contributed by atoms with Gasteiger partial charge in [0.2, 0.25) is 0 Å². The molecule has 3 aromatic rings. The van der Waals surface area contributed by atoms with Gasteiger partial charge in [-0.1, -0.05) is 12.1 Å².